The van der Waals surface area contributed by atoms with E-state index in [1.807, 2.05) is 44.2 Å². The van der Waals surface area contributed by atoms with Crippen molar-refractivity contribution >= 4 is 12.1 Å². The summed E-state index contributed by atoms with van der Waals surface area (Å²) in [5.41, 5.74) is 0.940. The van der Waals surface area contributed by atoms with Gasteiger partial charge in [-0.15, -0.1) is 0 Å². The number of rotatable bonds is 6. The minimum Gasteiger partial charge on any atom is -0.464 e. The Kier molecular flexibility index (Phi) is 5.95. The summed E-state index contributed by atoms with van der Waals surface area (Å²) in [6, 6.07) is 8.84. The van der Waals surface area contributed by atoms with Crippen molar-refractivity contribution in [1.29, 1.82) is 0 Å². The second-order valence-electron chi connectivity index (χ2n) is 5.49. The molecule has 0 saturated heterocycles. The molecule has 0 spiro atoms. The normalized spacial score (nSPS) is 11.8. The smallest absolute Gasteiger partial charge is 0.408 e. The van der Waals surface area contributed by atoms with Gasteiger partial charge in [-0.3, -0.25) is 0 Å². The van der Waals surface area contributed by atoms with Crippen LogP contribution in [0.5, 0.6) is 0 Å². The number of carbonyl (C=O) groups excluding carboxylic acids is 2. The van der Waals surface area contributed by atoms with Crippen LogP contribution in [0.2, 0.25) is 0 Å². The van der Waals surface area contributed by atoms with E-state index in [2.05, 4.69) is 15.0 Å². The Morgan fingerprint density at radius 2 is 1.96 bits per heavy atom. The number of aromatic nitrogens is 1. The van der Waals surface area contributed by atoms with Crippen molar-refractivity contribution in [2.75, 3.05) is 7.11 Å². The second-order valence-corrected chi connectivity index (χ2v) is 5.49. The summed E-state index contributed by atoms with van der Waals surface area (Å²) in [5, 5.41) is 2.70. The number of ether oxygens (including phenoxy) is 2. The van der Waals surface area contributed by atoms with Gasteiger partial charge >= 0.3 is 12.1 Å². The predicted octanol–water partition coefficient (Wildman–Crippen LogP) is 3.08. The quantitative estimate of drug-likeness (QED) is 0.818. The summed E-state index contributed by atoms with van der Waals surface area (Å²) in [4.78, 5) is 27.5. The Hall–Kier alpha value is -2.83. The zero-order valence-corrected chi connectivity index (χ0v) is 13.8. The molecule has 128 valence electrons. The number of esters is 1. The first-order valence-electron chi connectivity index (χ1n) is 7.52. The maximum absolute atomic E-state index is 12.0. The maximum Gasteiger partial charge on any atom is 0.408 e. The highest BCUT2D eigenvalue weighted by Gasteiger charge is 2.25. The first-order valence-corrected chi connectivity index (χ1v) is 7.52. The molecule has 2 rings (SSSR count). The molecule has 0 aliphatic heterocycles. The van der Waals surface area contributed by atoms with Crippen molar-refractivity contribution in [1.82, 2.24) is 10.3 Å². The highest BCUT2D eigenvalue weighted by molar-refractivity contribution is 5.86. The van der Waals surface area contributed by atoms with E-state index < -0.39 is 18.1 Å². The molecule has 2 aromatic rings. The van der Waals surface area contributed by atoms with E-state index in [1.54, 1.807) is 0 Å². The lowest BCUT2D eigenvalue weighted by Gasteiger charge is -2.18. The highest BCUT2D eigenvalue weighted by atomic mass is 16.5. The van der Waals surface area contributed by atoms with Gasteiger partial charge in [0.05, 0.1) is 7.11 Å². The molecule has 7 nitrogen and oxygen atoms in total. The first-order chi connectivity index (χ1) is 11.5. The van der Waals surface area contributed by atoms with Crippen molar-refractivity contribution in [3.8, 4) is 0 Å². The van der Waals surface area contributed by atoms with E-state index in [4.69, 9.17) is 9.15 Å². The molecular formula is C17H20N2O5. The van der Waals surface area contributed by atoms with Crippen LogP contribution in [0, 0.1) is 5.92 Å². The fourth-order valence-electron chi connectivity index (χ4n) is 2.03. The van der Waals surface area contributed by atoms with Gasteiger partial charge < -0.3 is 19.2 Å². The number of hydrogen-bond donors (Lipinski definition) is 1. The summed E-state index contributed by atoms with van der Waals surface area (Å²) in [6.45, 7) is 3.95. The molecule has 0 bridgehead atoms. The van der Waals surface area contributed by atoms with E-state index in [0.29, 0.717) is 0 Å². The van der Waals surface area contributed by atoms with Gasteiger partial charge in [-0.25, -0.2) is 14.6 Å². The Morgan fingerprint density at radius 1 is 1.25 bits per heavy atom. The predicted molar refractivity (Wildman–Crippen MR) is 85.2 cm³/mol. The largest absolute Gasteiger partial charge is 0.464 e. The van der Waals surface area contributed by atoms with Gasteiger partial charge in [0.15, 0.2) is 5.69 Å². The van der Waals surface area contributed by atoms with E-state index in [9.17, 15) is 9.59 Å². The third kappa shape index (κ3) is 4.58. The lowest BCUT2D eigenvalue weighted by atomic mass is 10.1. The molecule has 7 heteroatoms. The Bertz CT molecular complexity index is 681. The number of oxazole rings is 1. The lowest BCUT2D eigenvalue weighted by Crippen LogP contribution is -2.32. The molecule has 1 aromatic heterocycles. The molecule has 1 amide bonds. The summed E-state index contributed by atoms with van der Waals surface area (Å²) in [6.07, 6.45) is 0.614. The van der Waals surface area contributed by atoms with Crippen LogP contribution in [0.3, 0.4) is 0 Å². The van der Waals surface area contributed by atoms with Gasteiger partial charge in [-0.1, -0.05) is 44.2 Å². The van der Waals surface area contributed by atoms with Crippen LogP contribution in [0.1, 0.15) is 41.8 Å². The van der Waals surface area contributed by atoms with Crippen LogP contribution in [0.4, 0.5) is 4.79 Å². The molecule has 0 unspecified atom stereocenters. The molecule has 1 aromatic carbocycles. The molecule has 0 fully saturated rings. The number of hydrogen-bond acceptors (Lipinski definition) is 6. The van der Waals surface area contributed by atoms with Gasteiger partial charge in [-0.05, 0) is 11.5 Å². The number of alkyl carbamates (subject to hydrolysis) is 1. The number of nitrogens with one attached hydrogen (secondary N) is 1. The monoisotopic (exact) mass is 332 g/mol. The topological polar surface area (TPSA) is 90.7 Å². The summed E-state index contributed by atoms with van der Waals surface area (Å²) >= 11 is 0. The van der Waals surface area contributed by atoms with Crippen molar-refractivity contribution in [3.63, 3.8) is 0 Å². The zero-order chi connectivity index (χ0) is 17.5. The van der Waals surface area contributed by atoms with Crippen LogP contribution in [-0.2, 0) is 16.1 Å². The Morgan fingerprint density at radius 3 is 2.58 bits per heavy atom. The fraction of sp³-hybridized carbons (Fsp3) is 0.353. The Balaban J connectivity index is 1.99. The average Bonchev–Trinajstić information content (AvgIpc) is 3.07. The minimum absolute atomic E-state index is 0.0153. The Labute approximate surface area is 140 Å². The van der Waals surface area contributed by atoms with E-state index >= 15 is 0 Å². The third-order valence-electron chi connectivity index (χ3n) is 3.34. The molecule has 1 heterocycles. The molecular weight excluding hydrogens is 312 g/mol. The summed E-state index contributed by atoms with van der Waals surface area (Å²) in [5.74, 6) is -0.389. The highest BCUT2D eigenvalue weighted by Crippen LogP contribution is 2.21. The van der Waals surface area contributed by atoms with Crippen molar-refractivity contribution in [2.45, 2.75) is 26.5 Å². The molecule has 0 aliphatic rings. The molecule has 24 heavy (non-hydrogen) atoms. The zero-order valence-electron chi connectivity index (χ0n) is 13.8. The van der Waals surface area contributed by atoms with Gasteiger partial charge in [-0.2, -0.15) is 0 Å². The molecule has 1 N–H and O–H groups in total. The molecule has 0 radical (unpaired) electrons. The summed E-state index contributed by atoms with van der Waals surface area (Å²) in [7, 11) is 1.26. The van der Waals surface area contributed by atoms with Crippen LogP contribution in [0.15, 0.2) is 41.0 Å². The van der Waals surface area contributed by atoms with Gasteiger partial charge in [0, 0.05) is 0 Å². The fourth-order valence-corrected chi connectivity index (χ4v) is 2.03. The van der Waals surface area contributed by atoms with E-state index in [1.165, 1.54) is 13.4 Å². The minimum atomic E-state index is -0.598. The maximum atomic E-state index is 12.0. The van der Waals surface area contributed by atoms with Crippen molar-refractivity contribution in [3.05, 3.63) is 53.7 Å². The lowest BCUT2D eigenvalue weighted by molar-refractivity contribution is 0.0594. The molecule has 0 saturated carbocycles. The second kappa shape index (κ2) is 8.14. The molecule has 1 atom stereocenters. The summed E-state index contributed by atoms with van der Waals surface area (Å²) < 4.78 is 15.1. The number of amides is 1. The van der Waals surface area contributed by atoms with Crippen LogP contribution < -0.4 is 5.32 Å². The standard InChI is InChI=1S/C17H20N2O5/c1-11(2)14(15-18-13(10-23-15)16(20)22-3)19-17(21)24-9-12-7-5-4-6-8-12/h4-8,10-11,14H,9H2,1-3H3,(H,19,21)/t14-/m1/s1. The van der Waals surface area contributed by atoms with Crippen LogP contribution in [-0.4, -0.2) is 24.2 Å². The van der Waals surface area contributed by atoms with E-state index in [0.717, 1.165) is 5.56 Å². The van der Waals surface area contributed by atoms with Crippen molar-refractivity contribution in [2.24, 2.45) is 5.92 Å². The van der Waals surface area contributed by atoms with Gasteiger partial charge in [0.25, 0.3) is 0 Å². The number of methoxy groups -OCH3 is 1. The third-order valence-corrected chi connectivity index (χ3v) is 3.34. The van der Waals surface area contributed by atoms with Gasteiger partial charge in [0.2, 0.25) is 5.89 Å². The van der Waals surface area contributed by atoms with Crippen LogP contribution >= 0.6 is 0 Å². The number of nitrogens with zero attached hydrogens (tertiary/aromatic N) is 1. The number of carbonyl (C=O) groups is 2. The van der Waals surface area contributed by atoms with Gasteiger partial charge in [0.1, 0.15) is 18.9 Å². The average molecular weight is 332 g/mol. The van der Waals surface area contributed by atoms with Crippen molar-refractivity contribution < 1.29 is 23.5 Å². The first kappa shape index (κ1) is 17.5. The van der Waals surface area contributed by atoms with E-state index in [-0.39, 0.29) is 24.1 Å². The van der Waals surface area contributed by atoms with Crippen LogP contribution in [0.25, 0.3) is 0 Å². The molecule has 0 aliphatic carbocycles. The number of benzene rings is 1. The SMILES string of the molecule is COC(=O)c1coc([C@H](NC(=O)OCc2ccccc2)C(C)C)n1.